The van der Waals surface area contributed by atoms with E-state index in [4.69, 9.17) is 5.11 Å². The number of aliphatic hydroxyl groups excluding tert-OH is 1. The Bertz CT molecular complexity index is 323. The molecule has 6 heteroatoms. The lowest BCUT2D eigenvalue weighted by atomic mass is 10.1. The zero-order chi connectivity index (χ0) is 11.5. The second-order valence-electron chi connectivity index (χ2n) is 4.13. The Morgan fingerprint density at radius 2 is 2.27 bits per heavy atom. The van der Waals surface area contributed by atoms with Gasteiger partial charge in [-0.05, 0) is 19.3 Å². The van der Waals surface area contributed by atoms with Gasteiger partial charge in [-0.15, -0.1) is 0 Å². The summed E-state index contributed by atoms with van der Waals surface area (Å²) in [5.41, 5.74) is 0. The molecule has 1 amide bonds. The van der Waals surface area contributed by atoms with Crippen molar-refractivity contribution in [2.45, 2.75) is 25.9 Å². The van der Waals surface area contributed by atoms with Gasteiger partial charge in [0.05, 0.1) is 17.6 Å². The second-order valence-corrected chi connectivity index (χ2v) is 6.36. The molecule has 0 saturated carbocycles. The van der Waals surface area contributed by atoms with Crippen molar-refractivity contribution in [2.75, 3.05) is 18.1 Å². The third kappa shape index (κ3) is 4.61. The van der Waals surface area contributed by atoms with Gasteiger partial charge >= 0.3 is 0 Å². The van der Waals surface area contributed by atoms with Crippen LogP contribution in [-0.2, 0) is 14.6 Å². The van der Waals surface area contributed by atoms with Gasteiger partial charge in [0, 0.05) is 13.0 Å². The van der Waals surface area contributed by atoms with E-state index in [1.54, 1.807) is 6.92 Å². The van der Waals surface area contributed by atoms with E-state index >= 15 is 0 Å². The van der Waals surface area contributed by atoms with E-state index in [0.717, 1.165) is 0 Å². The zero-order valence-corrected chi connectivity index (χ0v) is 9.59. The first-order valence-electron chi connectivity index (χ1n) is 5.04. The van der Waals surface area contributed by atoms with Crippen LogP contribution in [0.15, 0.2) is 0 Å². The van der Waals surface area contributed by atoms with E-state index in [1.165, 1.54) is 0 Å². The quantitative estimate of drug-likeness (QED) is 0.675. The monoisotopic (exact) mass is 235 g/mol. The van der Waals surface area contributed by atoms with Gasteiger partial charge in [0.1, 0.15) is 0 Å². The van der Waals surface area contributed by atoms with Crippen molar-refractivity contribution in [3.05, 3.63) is 0 Å². The van der Waals surface area contributed by atoms with Crippen LogP contribution in [0.1, 0.15) is 19.8 Å². The van der Waals surface area contributed by atoms with Gasteiger partial charge in [0.25, 0.3) is 0 Å². The molecule has 88 valence electrons. The molecule has 1 saturated heterocycles. The van der Waals surface area contributed by atoms with Crippen molar-refractivity contribution in [3.8, 4) is 0 Å². The van der Waals surface area contributed by atoms with E-state index in [2.05, 4.69) is 5.32 Å². The van der Waals surface area contributed by atoms with Gasteiger partial charge in [-0.3, -0.25) is 4.79 Å². The second kappa shape index (κ2) is 4.94. The molecule has 0 spiro atoms. The predicted octanol–water partition coefficient (Wildman–Crippen LogP) is -0.692. The highest BCUT2D eigenvalue weighted by molar-refractivity contribution is 7.91. The third-order valence-electron chi connectivity index (χ3n) is 2.40. The Balaban J connectivity index is 2.28. The first-order valence-corrected chi connectivity index (χ1v) is 6.86. The molecule has 1 fully saturated rings. The fourth-order valence-electron chi connectivity index (χ4n) is 1.63. The molecule has 1 aliphatic rings. The molecular weight excluding hydrogens is 218 g/mol. The van der Waals surface area contributed by atoms with Crippen LogP contribution in [0.2, 0.25) is 0 Å². The first-order chi connectivity index (χ1) is 6.89. The molecule has 0 aromatic heterocycles. The fourth-order valence-corrected chi connectivity index (χ4v) is 3.49. The van der Waals surface area contributed by atoms with Crippen molar-refractivity contribution in [3.63, 3.8) is 0 Å². The Morgan fingerprint density at radius 3 is 2.73 bits per heavy atom. The number of hydrogen-bond acceptors (Lipinski definition) is 4. The van der Waals surface area contributed by atoms with Crippen molar-refractivity contribution >= 4 is 15.7 Å². The largest absolute Gasteiger partial charge is 0.392 e. The number of hydrogen-bond donors (Lipinski definition) is 2. The molecule has 5 nitrogen and oxygen atoms in total. The van der Waals surface area contributed by atoms with E-state index < -0.39 is 15.9 Å². The molecule has 0 aromatic rings. The summed E-state index contributed by atoms with van der Waals surface area (Å²) in [5, 5.41) is 11.5. The van der Waals surface area contributed by atoms with Crippen molar-refractivity contribution in [1.29, 1.82) is 0 Å². The number of rotatable bonds is 4. The minimum atomic E-state index is -2.90. The van der Waals surface area contributed by atoms with E-state index in [1.807, 2.05) is 0 Å². The van der Waals surface area contributed by atoms with Crippen LogP contribution < -0.4 is 5.32 Å². The summed E-state index contributed by atoms with van der Waals surface area (Å²) in [6.45, 7) is 1.80. The lowest BCUT2D eigenvalue weighted by molar-refractivity contribution is -0.122. The number of sulfone groups is 1. The van der Waals surface area contributed by atoms with Crippen molar-refractivity contribution in [1.82, 2.24) is 5.32 Å². The van der Waals surface area contributed by atoms with Crippen LogP contribution in [0.4, 0.5) is 0 Å². The Morgan fingerprint density at radius 1 is 1.60 bits per heavy atom. The predicted molar refractivity (Wildman–Crippen MR) is 56.1 cm³/mol. The van der Waals surface area contributed by atoms with Crippen molar-refractivity contribution < 1.29 is 18.3 Å². The van der Waals surface area contributed by atoms with Gasteiger partial charge in [0.2, 0.25) is 5.91 Å². The summed E-state index contributed by atoms with van der Waals surface area (Å²) in [6, 6.07) is 0. The van der Waals surface area contributed by atoms with Crippen LogP contribution in [0.5, 0.6) is 0 Å². The van der Waals surface area contributed by atoms with Crippen LogP contribution in [-0.4, -0.2) is 43.6 Å². The Kier molecular flexibility index (Phi) is 4.10. The lowest BCUT2D eigenvalue weighted by Crippen LogP contribution is -2.31. The van der Waals surface area contributed by atoms with Gasteiger partial charge in [0.15, 0.2) is 9.84 Å². The summed E-state index contributed by atoms with van der Waals surface area (Å²) in [6.07, 6.45) is 0.248. The molecular formula is C9H17NO4S. The maximum absolute atomic E-state index is 11.3. The summed E-state index contributed by atoms with van der Waals surface area (Å²) in [5.74, 6) is 0.0817. The van der Waals surface area contributed by atoms with E-state index in [9.17, 15) is 13.2 Å². The van der Waals surface area contributed by atoms with Gasteiger partial charge < -0.3 is 10.4 Å². The molecule has 2 N–H and O–H groups in total. The van der Waals surface area contributed by atoms with Crippen LogP contribution >= 0.6 is 0 Å². The smallest absolute Gasteiger partial charge is 0.220 e. The minimum absolute atomic E-state index is 0.0519. The first kappa shape index (κ1) is 12.4. The molecule has 0 aromatic carbocycles. The molecule has 1 rings (SSSR count). The summed E-state index contributed by atoms with van der Waals surface area (Å²) in [4.78, 5) is 11.3. The van der Waals surface area contributed by atoms with Crippen LogP contribution in [0, 0.1) is 5.92 Å². The van der Waals surface area contributed by atoms with Gasteiger partial charge in [-0.25, -0.2) is 8.42 Å². The number of carbonyl (C=O) groups excluding carboxylic acids is 1. The number of nitrogens with one attached hydrogen (secondary N) is 1. The minimum Gasteiger partial charge on any atom is -0.392 e. The average molecular weight is 235 g/mol. The molecule has 0 bridgehead atoms. The van der Waals surface area contributed by atoms with Gasteiger partial charge in [-0.1, -0.05) is 0 Å². The third-order valence-corrected chi connectivity index (χ3v) is 4.23. The van der Waals surface area contributed by atoms with Crippen LogP contribution in [0.25, 0.3) is 0 Å². The Hall–Kier alpha value is -0.620. The summed E-state index contributed by atoms with van der Waals surface area (Å²) in [7, 11) is -2.90. The maximum Gasteiger partial charge on any atom is 0.220 e. The summed E-state index contributed by atoms with van der Waals surface area (Å²) < 4.78 is 22.2. The fraction of sp³-hybridized carbons (Fsp3) is 0.889. The SMILES string of the molecule is CC(O)CNC(=O)CC1CCS(=O)(=O)C1. The average Bonchev–Trinajstić information content (AvgIpc) is 2.42. The number of aliphatic hydroxyl groups is 1. The topological polar surface area (TPSA) is 83.5 Å². The molecule has 15 heavy (non-hydrogen) atoms. The maximum atomic E-state index is 11.3. The van der Waals surface area contributed by atoms with E-state index in [-0.39, 0.29) is 36.3 Å². The Labute approximate surface area is 89.8 Å². The molecule has 2 unspecified atom stereocenters. The standard InChI is InChI=1S/C9H17NO4S/c1-7(11)5-10-9(12)4-8-2-3-15(13,14)6-8/h7-8,11H,2-6H2,1H3,(H,10,12). The molecule has 1 heterocycles. The number of amides is 1. The molecule has 0 aliphatic carbocycles. The number of carbonyl (C=O) groups is 1. The lowest BCUT2D eigenvalue weighted by Gasteiger charge is -2.09. The highest BCUT2D eigenvalue weighted by Gasteiger charge is 2.29. The highest BCUT2D eigenvalue weighted by Crippen LogP contribution is 2.21. The zero-order valence-electron chi connectivity index (χ0n) is 8.77. The van der Waals surface area contributed by atoms with Crippen molar-refractivity contribution in [2.24, 2.45) is 5.92 Å². The highest BCUT2D eigenvalue weighted by atomic mass is 32.2. The molecule has 0 radical (unpaired) electrons. The summed E-state index contributed by atoms with van der Waals surface area (Å²) >= 11 is 0. The van der Waals surface area contributed by atoms with Gasteiger partial charge in [-0.2, -0.15) is 0 Å². The normalized spacial score (nSPS) is 26.1. The molecule has 1 aliphatic heterocycles. The molecule has 2 atom stereocenters. The van der Waals surface area contributed by atoms with Crippen LogP contribution in [0.3, 0.4) is 0 Å². The van der Waals surface area contributed by atoms with E-state index in [0.29, 0.717) is 6.42 Å².